The lowest BCUT2D eigenvalue weighted by atomic mass is 10.4. The summed E-state index contributed by atoms with van der Waals surface area (Å²) in [6.45, 7) is 3.20. The van der Waals surface area contributed by atoms with Crippen molar-refractivity contribution in [3.05, 3.63) is 11.8 Å². The van der Waals surface area contributed by atoms with E-state index in [9.17, 15) is 9.59 Å². The van der Waals surface area contributed by atoms with Gasteiger partial charge in [-0.25, -0.2) is 9.59 Å². The Morgan fingerprint density at radius 2 is 1.93 bits per heavy atom. The van der Waals surface area contributed by atoms with Crippen LogP contribution in [0, 0.1) is 0 Å². The number of carbonyl (C=O) groups excluding carboxylic acids is 2. The number of hydrogen-bond acceptors (Lipinski definition) is 5. The zero-order valence-electron chi connectivity index (χ0n) is 8.15. The van der Waals surface area contributed by atoms with Gasteiger partial charge in [-0.15, -0.1) is 0 Å². The van der Waals surface area contributed by atoms with Gasteiger partial charge in [0.15, 0.2) is 0 Å². The average Bonchev–Trinajstić information content (AvgIpc) is 1.98. The second kappa shape index (κ2) is 5.85. The number of nitrogens with two attached hydrogens (primary N) is 2. The molecule has 0 saturated carbocycles. The maximum absolute atomic E-state index is 11.0. The molecule has 0 atom stereocenters. The molecule has 0 spiro atoms. The summed E-state index contributed by atoms with van der Waals surface area (Å²) in [6.07, 6.45) is -0.120. The molecule has 1 amide bonds. The van der Waals surface area contributed by atoms with Gasteiger partial charge in [-0.1, -0.05) is 0 Å². The minimum atomic E-state index is -0.946. The molecular weight excluding hydrogens is 188 g/mol. The van der Waals surface area contributed by atoms with Crippen molar-refractivity contribution in [2.24, 2.45) is 11.5 Å². The van der Waals surface area contributed by atoms with E-state index >= 15 is 0 Å². The van der Waals surface area contributed by atoms with E-state index in [0.717, 1.165) is 6.08 Å². The molecule has 6 heteroatoms. The van der Waals surface area contributed by atoms with E-state index in [-0.39, 0.29) is 18.4 Å². The van der Waals surface area contributed by atoms with E-state index in [1.807, 2.05) is 0 Å². The third-order valence-electron chi connectivity index (χ3n) is 1.04. The minimum Gasteiger partial charge on any atom is -0.460 e. The molecule has 0 unspecified atom stereocenters. The Kier molecular flexibility index (Phi) is 5.13. The normalized spacial score (nSPS) is 11.2. The largest absolute Gasteiger partial charge is 0.460 e. The van der Waals surface area contributed by atoms with Gasteiger partial charge in [0.1, 0.15) is 6.61 Å². The average molecular weight is 202 g/mol. The first-order valence-corrected chi connectivity index (χ1v) is 4.00. The van der Waals surface area contributed by atoms with Gasteiger partial charge in [-0.05, 0) is 13.8 Å². The lowest BCUT2D eigenvalue weighted by Gasteiger charge is -2.05. The summed E-state index contributed by atoms with van der Waals surface area (Å²) in [6, 6.07) is 0. The van der Waals surface area contributed by atoms with Crippen LogP contribution in [0.1, 0.15) is 13.8 Å². The highest BCUT2D eigenvalue weighted by molar-refractivity contribution is 5.82. The number of ether oxygens (including phenoxy) is 2. The van der Waals surface area contributed by atoms with Crippen LogP contribution in [0.15, 0.2) is 11.8 Å². The van der Waals surface area contributed by atoms with E-state index in [4.69, 9.17) is 16.2 Å². The van der Waals surface area contributed by atoms with Crippen LogP contribution in [0.5, 0.6) is 0 Å². The number of rotatable bonds is 4. The SMILES string of the molecule is CC(C)OC(=O)/C=C(\N)COC(N)=O. The van der Waals surface area contributed by atoms with Crippen LogP contribution in [-0.2, 0) is 14.3 Å². The molecule has 0 aromatic heterocycles. The zero-order chi connectivity index (χ0) is 11.1. The molecule has 6 nitrogen and oxygen atoms in total. The van der Waals surface area contributed by atoms with E-state index in [1.54, 1.807) is 13.8 Å². The highest BCUT2D eigenvalue weighted by atomic mass is 16.5. The summed E-state index contributed by atoms with van der Waals surface area (Å²) in [5.41, 5.74) is 10.1. The number of amides is 1. The molecule has 0 saturated heterocycles. The standard InChI is InChI=1S/C8H14N2O4/c1-5(2)14-7(11)3-6(9)4-13-8(10)12/h3,5H,4,9H2,1-2H3,(H2,10,12)/b6-3-. The van der Waals surface area contributed by atoms with Gasteiger partial charge in [0.2, 0.25) is 0 Å². The van der Waals surface area contributed by atoms with E-state index in [1.165, 1.54) is 0 Å². The summed E-state index contributed by atoms with van der Waals surface area (Å²) in [5.74, 6) is -0.578. The van der Waals surface area contributed by atoms with Crippen molar-refractivity contribution in [2.45, 2.75) is 20.0 Å². The summed E-state index contributed by atoms with van der Waals surface area (Å²) in [7, 11) is 0. The molecule has 0 fully saturated rings. The van der Waals surface area contributed by atoms with Crippen LogP contribution in [0.2, 0.25) is 0 Å². The molecule has 0 aliphatic carbocycles. The van der Waals surface area contributed by atoms with Crippen molar-refractivity contribution in [2.75, 3.05) is 6.61 Å². The molecule has 0 aromatic rings. The first kappa shape index (κ1) is 12.3. The van der Waals surface area contributed by atoms with Gasteiger partial charge in [0, 0.05) is 6.08 Å². The maximum Gasteiger partial charge on any atom is 0.404 e. The van der Waals surface area contributed by atoms with E-state index in [0.29, 0.717) is 0 Å². The first-order valence-electron chi connectivity index (χ1n) is 4.00. The molecule has 14 heavy (non-hydrogen) atoms. The van der Waals surface area contributed by atoms with Crippen LogP contribution in [0.4, 0.5) is 4.79 Å². The lowest BCUT2D eigenvalue weighted by molar-refractivity contribution is -0.141. The Morgan fingerprint density at radius 3 is 2.36 bits per heavy atom. The Hall–Kier alpha value is -1.72. The second-order valence-corrected chi connectivity index (χ2v) is 2.81. The highest BCUT2D eigenvalue weighted by Gasteiger charge is 2.03. The smallest absolute Gasteiger partial charge is 0.404 e. The van der Waals surface area contributed by atoms with Gasteiger partial charge in [-0.3, -0.25) is 0 Å². The van der Waals surface area contributed by atoms with Crippen molar-refractivity contribution in [3.8, 4) is 0 Å². The van der Waals surface area contributed by atoms with Crippen molar-refractivity contribution in [1.29, 1.82) is 0 Å². The van der Waals surface area contributed by atoms with Crippen molar-refractivity contribution < 1.29 is 19.1 Å². The Labute approximate surface area is 81.8 Å². The van der Waals surface area contributed by atoms with Gasteiger partial charge in [-0.2, -0.15) is 0 Å². The molecule has 0 heterocycles. The molecule has 0 aliphatic heterocycles. The number of carbonyl (C=O) groups is 2. The maximum atomic E-state index is 11.0. The Morgan fingerprint density at radius 1 is 1.36 bits per heavy atom. The van der Waals surface area contributed by atoms with Crippen LogP contribution in [0.3, 0.4) is 0 Å². The fourth-order valence-corrected chi connectivity index (χ4v) is 0.614. The summed E-state index contributed by atoms with van der Waals surface area (Å²) < 4.78 is 9.11. The molecule has 80 valence electrons. The van der Waals surface area contributed by atoms with Crippen LogP contribution in [-0.4, -0.2) is 24.8 Å². The predicted octanol–water partition coefficient (Wildman–Crippen LogP) is -0.124. The highest BCUT2D eigenvalue weighted by Crippen LogP contribution is 1.93. The molecule has 0 aliphatic rings. The van der Waals surface area contributed by atoms with Crippen molar-refractivity contribution in [1.82, 2.24) is 0 Å². The van der Waals surface area contributed by atoms with Gasteiger partial charge < -0.3 is 20.9 Å². The van der Waals surface area contributed by atoms with E-state index < -0.39 is 12.1 Å². The van der Waals surface area contributed by atoms with E-state index in [2.05, 4.69) is 4.74 Å². The third kappa shape index (κ3) is 6.96. The lowest BCUT2D eigenvalue weighted by Crippen LogP contribution is -2.19. The first-order chi connectivity index (χ1) is 6.41. The monoisotopic (exact) mass is 202 g/mol. The quantitative estimate of drug-likeness (QED) is 0.488. The summed E-state index contributed by atoms with van der Waals surface area (Å²) in [5, 5.41) is 0. The fourth-order valence-electron chi connectivity index (χ4n) is 0.614. The summed E-state index contributed by atoms with van der Waals surface area (Å²) >= 11 is 0. The molecule has 0 rings (SSSR count). The predicted molar refractivity (Wildman–Crippen MR) is 49.0 cm³/mol. The van der Waals surface area contributed by atoms with Gasteiger partial charge >= 0.3 is 12.1 Å². The third-order valence-corrected chi connectivity index (χ3v) is 1.04. The van der Waals surface area contributed by atoms with Crippen LogP contribution < -0.4 is 11.5 Å². The number of primary amides is 1. The molecule has 0 radical (unpaired) electrons. The number of esters is 1. The summed E-state index contributed by atoms with van der Waals surface area (Å²) in [4.78, 5) is 21.1. The Bertz CT molecular complexity index is 248. The number of hydrogen-bond donors (Lipinski definition) is 2. The topological polar surface area (TPSA) is 105 Å². The van der Waals surface area contributed by atoms with Gasteiger partial charge in [0.05, 0.1) is 11.8 Å². The van der Waals surface area contributed by atoms with Crippen molar-refractivity contribution >= 4 is 12.1 Å². The zero-order valence-corrected chi connectivity index (χ0v) is 8.15. The van der Waals surface area contributed by atoms with Gasteiger partial charge in [0.25, 0.3) is 0 Å². The second-order valence-electron chi connectivity index (χ2n) is 2.81. The Balaban J connectivity index is 3.96. The van der Waals surface area contributed by atoms with Crippen LogP contribution in [0.25, 0.3) is 0 Å². The molecule has 0 aromatic carbocycles. The minimum absolute atomic E-state index is 0.0782. The van der Waals surface area contributed by atoms with Crippen molar-refractivity contribution in [3.63, 3.8) is 0 Å². The van der Waals surface area contributed by atoms with Crippen LogP contribution >= 0.6 is 0 Å². The molecule has 4 N–H and O–H groups in total. The molecular formula is C8H14N2O4. The fraction of sp³-hybridized carbons (Fsp3) is 0.500. The molecule has 0 bridgehead atoms.